The molecule has 3 heterocycles. The third kappa shape index (κ3) is 3.89. The Hall–Kier alpha value is -2.38. The number of aryl methyl sites for hydroxylation is 3. The predicted octanol–water partition coefficient (Wildman–Crippen LogP) is 5.34. The van der Waals surface area contributed by atoms with Crippen LogP contribution in [-0.2, 0) is 13.0 Å². The van der Waals surface area contributed by atoms with Crippen LogP contribution in [0.25, 0.3) is 10.2 Å². The minimum absolute atomic E-state index is 0.00741. The fraction of sp³-hybridized carbons (Fsp3) is 0.381. The number of urea groups is 1. The molecule has 6 nitrogen and oxygen atoms in total. The average Bonchev–Trinajstić information content (AvgIpc) is 2.84. The van der Waals surface area contributed by atoms with Crippen LogP contribution in [0.1, 0.15) is 36.7 Å². The van der Waals surface area contributed by atoms with Gasteiger partial charge in [0.2, 0.25) is 0 Å². The molecule has 8 heteroatoms. The first-order valence-electron chi connectivity index (χ1n) is 9.70. The van der Waals surface area contributed by atoms with Gasteiger partial charge in [-0.05, 0) is 55.9 Å². The Morgan fingerprint density at radius 3 is 2.86 bits per heavy atom. The summed E-state index contributed by atoms with van der Waals surface area (Å²) in [7, 11) is 0. The zero-order valence-corrected chi connectivity index (χ0v) is 18.2. The molecule has 4 rings (SSSR count). The van der Waals surface area contributed by atoms with Gasteiger partial charge in [-0.25, -0.2) is 9.78 Å². The minimum Gasteiger partial charge on any atom is -0.307 e. The van der Waals surface area contributed by atoms with Crippen LogP contribution in [-0.4, -0.2) is 15.6 Å². The number of carbonyl (C=O) groups is 1. The largest absolute Gasteiger partial charge is 0.324 e. The summed E-state index contributed by atoms with van der Waals surface area (Å²) in [6, 6.07) is 4.96. The number of hydrogen-bond acceptors (Lipinski definition) is 4. The quantitative estimate of drug-likeness (QED) is 0.575. The Morgan fingerprint density at radius 2 is 2.07 bits per heavy atom. The van der Waals surface area contributed by atoms with Crippen LogP contribution in [0.15, 0.2) is 23.0 Å². The van der Waals surface area contributed by atoms with E-state index in [4.69, 9.17) is 16.6 Å². The molecule has 0 fully saturated rings. The van der Waals surface area contributed by atoms with E-state index in [-0.39, 0.29) is 11.6 Å². The van der Waals surface area contributed by atoms with E-state index in [1.807, 2.05) is 24.5 Å². The number of nitrogens with zero attached hydrogens (tertiary/aromatic N) is 2. The summed E-state index contributed by atoms with van der Waals surface area (Å²) < 4.78 is 1.81. The van der Waals surface area contributed by atoms with Crippen molar-refractivity contribution in [2.75, 3.05) is 10.6 Å². The molecule has 0 bridgehead atoms. The van der Waals surface area contributed by atoms with E-state index < -0.39 is 0 Å². The third-order valence-corrected chi connectivity index (χ3v) is 6.85. The molecular formula is C21H23ClN4O2S. The van der Waals surface area contributed by atoms with Gasteiger partial charge in [-0.15, -0.1) is 0 Å². The van der Waals surface area contributed by atoms with E-state index in [0.717, 1.165) is 36.2 Å². The number of halogens is 1. The molecule has 2 amide bonds. The molecule has 1 aliphatic rings. The fourth-order valence-corrected chi connectivity index (χ4v) is 4.91. The summed E-state index contributed by atoms with van der Waals surface area (Å²) in [5.74, 6) is 1.43. The zero-order chi connectivity index (χ0) is 20.7. The van der Waals surface area contributed by atoms with Crippen LogP contribution in [0.5, 0.6) is 0 Å². The van der Waals surface area contributed by atoms with Crippen LogP contribution in [0.2, 0.25) is 5.02 Å². The molecule has 0 spiro atoms. The van der Waals surface area contributed by atoms with Gasteiger partial charge in [-0.2, -0.15) is 0 Å². The molecule has 152 valence electrons. The van der Waals surface area contributed by atoms with Gasteiger partial charge in [-0.3, -0.25) is 14.7 Å². The Balaban J connectivity index is 1.64. The van der Waals surface area contributed by atoms with Crippen molar-refractivity contribution >= 4 is 49.9 Å². The highest BCUT2D eigenvalue weighted by atomic mass is 35.5. The normalized spacial score (nSPS) is 16.3. The highest BCUT2D eigenvalue weighted by Gasteiger charge is 2.21. The van der Waals surface area contributed by atoms with Crippen LogP contribution < -0.4 is 16.2 Å². The minimum atomic E-state index is -0.375. The predicted molar refractivity (Wildman–Crippen MR) is 120 cm³/mol. The van der Waals surface area contributed by atoms with E-state index >= 15 is 0 Å². The molecule has 1 atom stereocenters. The van der Waals surface area contributed by atoms with Gasteiger partial charge in [0, 0.05) is 23.7 Å². The second-order valence-corrected chi connectivity index (χ2v) is 9.13. The molecule has 0 radical (unpaired) electrons. The zero-order valence-electron chi connectivity index (χ0n) is 16.6. The monoisotopic (exact) mass is 430 g/mol. The number of nitrogens with one attached hydrogen (secondary N) is 2. The lowest BCUT2D eigenvalue weighted by molar-refractivity contribution is 0.262. The van der Waals surface area contributed by atoms with Crippen LogP contribution in [0.3, 0.4) is 0 Å². The smallest absolute Gasteiger partial charge is 0.307 e. The van der Waals surface area contributed by atoms with Crippen molar-refractivity contribution in [3.8, 4) is 0 Å². The lowest BCUT2D eigenvalue weighted by atomic mass is 10.0. The van der Waals surface area contributed by atoms with E-state index in [1.54, 1.807) is 12.1 Å². The number of carbonyl (C=O) groups excluding carboxylic acids is 1. The van der Waals surface area contributed by atoms with Crippen molar-refractivity contribution in [3.05, 3.63) is 50.5 Å². The number of hydrogen-bond donors (Lipinski definition) is 2. The highest BCUT2D eigenvalue weighted by Crippen LogP contribution is 2.33. The number of rotatable bonds is 2. The maximum Gasteiger partial charge on any atom is 0.324 e. The Labute approximate surface area is 177 Å². The molecular weight excluding hydrogens is 408 g/mol. The lowest BCUT2D eigenvalue weighted by Crippen LogP contribution is -2.24. The van der Waals surface area contributed by atoms with Gasteiger partial charge in [0.25, 0.3) is 5.56 Å². The Morgan fingerprint density at radius 1 is 1.28 bits per heavy atom. The van der Waals surface area contributed by atoms with Gasteiger partial charge in [0.05, 0.1) is 5.39 Å². The van der Waals surface area contributed by atoms with E-state index in [1.165, 1.54) is 11.3 Å². The summed E-state index contributed by atoms with van der Waals surface area (Å²) in [6.45, 7) is 6.67. The first kappa shape index (κ1) is 19.9. The van der Waals surface area contributed by atoms with Gasteiger partial charge in [0.15, 0.2) is 0 Å². The lowest BCUT2D eigenvalue weighted by Gasteiger charge is -2.10. The highest BCUT2D eigenvalue weighted by molar-refractivity contribution is 7.22. The molecule has 0 saturated carbocycles. The second kappa shape index (κ2) is 7.80. The molecule has 0 saturated heterocycles. The number of anilines is 2. The van der Waals surface area contributed by atoms with E-state index in [9.17, 15) is 9.59 Å². The molecule has 0 aliphatic carbocycles. The molecule has 29 heavy (non-hydrogen) atoms. The van der Waals surface area contributed by atoms with Crippen molar-refractivity contribution in [1.29, 1.82) is 0 Å². The van der Waals surface area contributed by atoms with Gasteiger partial charge in [-0.1, -0.05) is 35.9 Å². The van der Waals surface area contributed by atoms with Crippen LogP contribution in [0, 0.1) is 19.8 Å². The Bertz CT molecular complexity index is 1170. The maximum absolute atomic E-state index is 13.1. The molecule has 1 aromatic carbocycles. The van der Waals surface area contributed by atoms with Gasteiger partial charge >= 0.3 is 6.03 Å². The molecule has 2 aromatic heterocycles. The summed E-state index contributed by atoms with van der Waals surface area (Å²) in [6.07, 6.45) is 2.82. The molecule has 3 aromatic rings. The summed E-state index contributed by atoms with van der Waals surface area (Å²) in [4.78, 5) is 31.1. The molecule has 2 N–H and O–H groups in total. The first-order chi connectivity index (χ1) is 13.8. The standard InChI is InChI=1S/C21H23ClN4O2S/c1-11-4-7-16-24-19-17(20(27)26(16)9-8-11)13(3)18(29-19)25-21(28)23-15-10-14(22)6-5-12(15)2/h5-6,10-11H,4,7-9H2,1-3H3,(H2,23,25,28)/t11-/m0/s1. The fourth-order valence-electron chi connectivity index (χ4n) is 3.65. The maximum atomic E-state index is 13.1. The molecule has 1 aliphatic heterocycles. The summed E-state index contributed by atoms with van der Waals surface area (Å²) in [5, 5.41) is 7.48. The van der Waals surface area contributed by atoms with Crippen molar-refractivity contribution in [2.24, 2.45) is 5.92 Å². The third-order valence-electron chi connectivity index (χ3n) is 5.51. The Kier molecular flexibility index (Phi) is 5.36. The second-order valence-electron chi connectivity index (χ2n) is 7.69. The average molecular weight is 431 g/mol. The molecule has 0 unspecified atom stereocenters. The van der Waals surface area contributed by atoms with Crippen molar-refractivity contribution in [1.82, 2.24) is 9.55 Å². The van der Waals surface area contributed by atoms with Crippen molar-refractivity contribution in [3.63, 3.8) is 0 Å². The van der Waals surface area contributed by atoms with Crippen molar-refractivity contribution < 1.29 is 4.79 Å². The number of aromatic nitrogens is 2. The topological polar surface area (TPSA) is 76.0 Å². The SMILES string of the molecule is Cc1ccc(Cl)cc1NC(=O)Nc1sc2nc3n(c(=O)c2c1C)CC[C@@H](C)CC3. The number of thiophene rings is 1. The summed E-state index contributed by atoms with van der Waals surface area (Å²) in [5.41, 5.74) is 2.31. The van der Waals surface area contributed by atoms with E-state index in [0.29, 0.717) is 38.4 Å². The van der Waals surface area contributed by atoms with Crippen LogP contribution in [0.4, 0.5) is 15.5 Å². The number of fused-ring (bicyclic) bond motifs is 2. The van der Waals surface area contributed by atoms with E-state index in [2.05, 4.69) is 17.6 Å². The van der Waals surface area contributed by atoms with Crippen LogP contribution >= 0.6 is 22.9 Å². The first-order valence-corrected chi connectivity index (χ1v) is 10.9. The number of benzene rings is 1. The van der Waals surface area contributed by atoms with Gasteiger partial charge < -0.3 is 5.32 Å². The van der Waals surface area contributed by atoms with Crippen molar-refractivity contribution in [2.45, 2.75) is 46.6 Å². The number of amides is 2. The van der Waals surface area contributed by atoms with Gasteiger partial charge in [0.1, 0.15) is 15.7 Å². The summed E-state index contributed by atoms with van der Waals surface area (Å²) >= 11 is 7.37.